The van der Waals surface area contributed by atoms with Crippen LogP contribution in [0.5, 0.6) is 5.75 Å². The summed E-state index contributed by atoms with van der Waals surface area (Å²) in [6, 6.07) is 2.65. The van der Waals surface area contributed by atoms with Crippen LogP contribution in [0.4, 0.5) is 18.9 Å². The van der Waals surface area contributed by atoms with E-state index >= 15 is 0 Å². The first kappa shape index (κ1) is 24.5. The third-order valence-electron chi connectivity index (χ3n) is 6.25. The summed E-state index contributed by atoms with van der Waals surface area (Å²) in [6.45, 7) is 3.97. The fourth-order valence-electron chi connectivity index (χ4n) is 4.01. The van der Waals surface area contributed by atoms with Gasteiger partial charge in [0.15, 0.2) is 0 Å². The molecule has 34 heavy (non-hydrogen) atoms. The number of alkyl halides is 1. The van der Waals surface area contributed by atoms with E-state index in [4.69, 9.17) is 4.74 Å². The molecule has 2 aromatic rings. The molecule has 1 aliphatic heterocycles. The Morgan fingerprint density at radius 1 is 1.09 bits per heavy atom. The van der Waals surface area contributed by atoms with Crippen molar-refractivity contribution in [1.82, 2.24) is 14.1 Å². The van der Waals surface area contributed by atoms with Gasteiger partial charge in [0.1, 0.15) is 17.3 Å². The second-order valence-corrected chi connectivity index (χ2v) is 11.4. The molecule has 1 aromatic carbocycles. The van der Waals surface area contributed by atoms with Crippen LogP contribution in [0.15, 0.2) is 29.2 Å². The highest BCUT2D eigenvalue weighted by Crippen LogP contribution is 2.39. The summed E-state index contributed by atoms with van der Waals surface area (Å²) >= 11 is 0. The van der Waals surface area contributed by atoms with Crippen LogP contribution in [0.3, 0.4) is 0 Å². The van der Waals surface area contributed by atoms with Crippen molar-refractivity contribution in [1.29, 1.82) is 0 Å². The lowest BCUT2D eigenvalue weighted by Crippen LogP contribution is -2.50. The number of rotatable bonds is 8. The molecule has 2 heterocycles. The predicted octanol–water partition coefficient (Wildman–Crippen LogP) is 2.36. The summed E-state index contributed by atoms with van der Waals surface area (Å²) in [5.74, 6) is -1.90. The maximum absolute atomic E-state index is 13.7. The minimum Gasteiger partial charge on any atom is -0.486 e. The highest BCUT2D eigenvalue weighted by molar-refractivity contribution is 7.89. The highest BCUT2D eigenvalue weighted by atomic mass is 32.2. The van der Waals surface area contributed by atoms with Gasteiger partial charge in [0.25, 0.3) is 0 Å². The Kier molecular flexibility index (Phi) is 6.90. The van der Waals surface area contributed by atoms with Gasteiger partial charge >= 0.3 is 5.56 Å². The number of nitrogens with zero attached hydrogens (tertiary/aromatic N) is 4. The number of ether oxygens (including phenoxy) is 1. The number of hydrogen-bond donors (Lipinski definition) is 0. The van der Waals surface area contributed by atoms with Crippen LogP contribution in [0, 0.1) is 23.5 Å². The lowest BCUT2D eigenvalue weighted by Gasteiger charge is -2.36. The van der Waals surface area contributed by atoms with E-state index in [1.165, 1.54) is 10.5 Å². The lowest BCUT2D eigenvalue weighted by atomic mass is 10.2. The average Bonchev–Trinajstić information content (AvgIpc) is 3.56. The number of halogens is 3. The van der Waals surface area contributed by atoms with Gasteiger partial charge < -0.3 is 9.64 Å². The van der Waals surface area contributed by atoms with Gasteiger partial charge in [-0.1, -0.05) is 0 Å². The first-order chi connectivity index (χ1) is 16.1. The van der Waals surface area contributed by atoms with Crippen molar-refractivity contribution in [2.75, 3.05) is 44.4 Å². The van der Waals surface area contributed by atoms with Crippen molar-refractivity contribution in [3.63, 3.8) is 0 Å². The van der Waals surface area contributed by atoms with Crippen LogP contribution in [-0.2, 0) is 10.0 Å². The molecule has 0 radical (unpaired) electrons. The largest absolute Gasteiger partial charge is 0.486 e. The van der Waals surface area contributed by atoms with E-state index in [0.29, 0.717) is 31.3 Å². The monoisotopic (exact) mass is 500 g/mol. The summed E-state index contributed by atoms with van der Waals surface area (Å²) in [4.78, 5) is 15.1. The Morgan fingerprint density at radius 2 is 1.74 bits per heavy atom. The van der Waals surface area contributed by atoms with E-state index < -0.39 is 39.1 Å². The van der Waals surface area contributed by atoms with E-state index in [9.17, 15) is 26.4 Å². The van der Waals surface area contributed by atoms with Crippen molar-refractivity contribution in [3.8, 4) is 11.4 Å². The minimum atomic E-state index is -3.41. The van der Waals surface area contributed by atoms with Crippen LogP contribution < -0.4 is 15.2 Å². The van der Waals surface area contributed by atoms with E-state index in [0.717, 1.165) is 16.8 Å². The van der Waals surface area contributed by atoms with Crippen molar-refractivity contribution < 1.29 is 26.3 Å². The molecule has 0 amide bonds. The van der Waals surface area contributed by atoms with Crippen LogP contribution in [0.1, 0.15) is 20.3 Å². The van der Waals surface area contributed by atoms with Crippen LogP contribution in [-0.4, -0.2) is 67.2 Å². The fraction of sp³-hybridized carbons (Fsp3) is 0.545. The second-order valence-electron chi connectivity index (χ2n) is 8.90. The zero-order valence-electron chi connectivity index (χ0n) is 19.0. The maximum atomic E-state index is 13.7. The third kappa shape index (κ3) is 4.92. The average molecular weight is 501 g/mol. The number of anilines is 1. The summed E-state index contributed by atoms with van der Waals surface area (Å²) in [5, 5.41) is 3.55. The van der Waals surface area contributed by atoms with Crippen LogP contribution in [0.25, 0.3) is 5.69 Å². The van der Waals surface area contributed by atoms with Gasteiger partial charge in [-0.25, -0.2) is 17.2 Å². The molecule has 1 saturated heterocycles. The zero-order chi connectivity index (χ0) is 24.6. The first-order valence-electron chi connectivity index (χ1n) is 11.1. The summed E-state index contributed by atoms with van der Waals surface area (Å²) < 4.78 is 73.4. The maximum Gasteiger partial charge on any atom is 0.316 e. The van der Waals surface area contributed by atoms with Gasteiger partial charge in [0, 0.05) is 32.2 Å². The van der Waals surface area contributed by atoms with Crippen LogP contribution in [0.2, 0.25) is 0 Å². The normalized spacial score (nSPS) is 21.2. The Hall–Kier alpha value is -2.60. The van der Waals surface area contributed by atoms with Crippen molar-refractivity contribution >= 4 is 15.7 Å². The minimum absolute atomic E-state index is 0.0153. The van der Waals surface area contributed by atoms with Gasteiger partial charge in [-0.2, -0.15) is 14.1 Å². The van der Waals surface area contributed by atoms with Gasteiger partial charge in [-0.15, -0.1) is 0 Å². The van der Waals surface area contributed by atoms with Gasteiger partial charge in [0.2, 0.25) is 15.8 Å². The van der Waals surface area contributed by atoms with E-state index in [1.54, 1.807) is 18.7 Å². The molecule has 2 aliphatic rings. The molecule has 12 heteroatoms. The SMILES string of the molecule is CC(C)S(=O)(=O)N1CCN(c2cnn(-c3cc(F)cc(F)c3)c(=O)c2OC[C@H]2C[C@@H]2CF)CC1. The van der Waals surface area contributed by atoms with E-state index in [-0.39, 0.29) is 43.0 Å². The predicted molar refractivity (Wildman–Crippen MR) is 121 cm³/mol. The second kappa shape index (κ2) is 9.57. The first-order valence-corrected chi connectivity index (χ1v) is 12.6. The van der Waals surface area contributed by atoms with Gasteiger partial charge in [-0.05, 0) is 44.2 Å². The van der Waals surface area contributed by atoms with Crippen LogP contribution >= 0.6 is 0 Å². The highest BCUT2D eigenvalue weighted by Gasteiger charge is 2.38. The molecule has 2 atom stereocenters. The van der Waals surface area contributed by atoms with E-state index in [1.807, 2.05) is 0 Å². The number of aromatic nitrogens is 2. The summed E-state index contributed by atoms with van der Waals surface area (Å²) in [5.41, 5.74) is -0.450. The Balaban J connectivity index is 1.64. The van der Waals surface area contributed by atoms with E-state index in [2.05, 4.69) is 5.10 Å². The van der Waals surface area contributed by atoms with Crippen molar-refractivity contribution in [2.45, 2.75) is 25.5 Å². The number of hydrogen-bond acceptors (Lipinski definition) is 6. The summed E-state index contributed by atoms with van der Waals surface area (Å²) in [6.07, 6.45) is 2.03. The quantitative estimate of drug-likeness (QED) is 0.553. The number of sulfonamides is 1. The Bertz CT molecular complexity index is 1190. The number of piperazine rings is 1. The zero-order valence-corrected chi connectivity index (χ0v) is 19.8. The summed E-state index contributed by atoms with van der Waals surface area (Å²) in [7, 11) is -3.41. The molecular weight excluding hydrogens is 473 g/mol. The molecule has 1 aliphatic carbocycles. The molecule has 1 saturated carbocycles. The Morgan fingerprint density at radius 3 is 2.29 bits per heavy atom. The molecular formula is C22H27F3N4O4S. The fourth-order valence-corrected chi connectivity index (χ4v) is 5.28. The molecule has 2 fully saturated rings. The molecule has 0 unspecified atom stereocenters. The Labute approximate surface area is 196 Å². The molecule has 4 rings (SSSR count). The third-order valence-corrected chi connectivity index (χ3v) is 8.53. The topological polar surface area (TPSA) is 84.7 Å². The molecule has 0 N–H and O–H groups in total. The molecule has 0 bridgehead atoms. The van der Waals surface area contributed by atoms with Crippen molar-refractivity contribution in [3.05, 3.63) is 46.4 Å². The molecule has 186 valence electrons. The van der Waals surface area contributed by atoms with Crippen molar-refractivity contribution in [2.24, 2.45) is 11.8 Å². The number of benzene rings is 1. The van der Waals surface area contributed by atoms with Gasteiger partial charge in [0.05, 0.1) is 30.4 Å². The van der Waals surface area contributed by atoms with Gasteiger partial charge in [-0.3, -0.25) is 9.18 Å². The smallest absolute Gasteiger partial charge is 0.316 e. The molecule has 8 nitrogen and oxygen atoms in total. The molecule has 0 spiro atoms. The molecule has 1 aromatic heterocycles. The standard InChI is InChI=1S/C22H27F3N4O4S/c1-14(2)34(31,32)28-5-3-27(4-6-28)20-12-26-29(19-9-17(24)8-18(25)10-19)22(30)21(20)33-13-16-7-15(16)11-23/h8-10,12,14-16H,3-7,11,13H2,1-2H3/t15-,16-/m1/s1. The lowest BCUT2D eigenvalue weighted by molar-refractivity contribution is 0.278.